The number of carbonyl (C=O) groups excluding carboxylic acids is 1. The van der Waals surface area contributed by atoms with Gasteiger partial charge in [0, 0.05) is 28.0 Å². The molecule has 0 spiro atoms. The number of rotatable bonds is 5. The van der Waals surface area contributed by atoms with Crippen molar-refractivity contribution in [2.24, 2.45) is 0 Å². The van der Waals surface area contributed by atoms with Gasteiger partial charge in [0.1, 0.15) is 0 Å². The first kappa shape index (κ1) is 13.8. The van der Waals surface area contributed by atoms with E-state index in [2.05, 4.69) is 0 Å². The van der Waals surface area contributed by atoms with E-state index in [4.69, 9.17) is 0 Å². The topological polar surface area (TPSA) is 60.2 Å². The Hall–Kier alpha value is -1.27. The Morgan fingerprint density at radius 3 is 2.53 bits per heavy atom. The fourth-order valence-corrected chi connectivity index (χ4v) is 2.28. The molecule has 17 heavy (non-hydrogen) atoms. The molecule has 0 fully saturated rings. The zero-order valence-electron chi connectivity index (χ0n) is 9.38. The Morgan fingerprint density at radius 2 is 2.00 bits per heavy atom. The van der Waals surface area contributed by atoms with Crippen LogP contribution in [0.15, 0.2) is 34.6 Å². The van der Waals surface area contributed by atoms with Crippen molar-refractivity contribution in [3.05, 3.63) is 50.3 Å². The van der Waals surface area contributed by atoms with Crippen molar-refractivity contribution in [1.82, 2.24) is 0 Å². The summed E-state index contributed by atoms with van der Waals surface area (Å²) in [6, 6.07) is 5.74. The first-order valence-electron chi connectivity index (χ1n) is 4.67. The molecular formula is C11H11NO3S2. The van der Waals surface area contributed by atoms with E-state index in [1.54, 1.807) is 6.07 Å². The van der Waals surface area contributed by atoms with Crippen LogP contribution in [0.25, 0.3) is 0 Å². The van der Waals surface area contributed by atoms with Gasteiger partial charge < -0.3 is 0 Å². The number of allylic oxidation sites excluding steroid dienone is 1. The number of hydrogen-bond donors (Lipinski definition) is 0. The van der Waals surface area contributed by atoms with Crippen molar-refractivity contribution in [3.63, 3.8) is 0 Å². The van der Waals surface area contributed by atoms with Crippen molar-refractivity contribution in [3.8, 4) is 0 Å². The van der Waals surface area contributed by atoms with Crippen LogP contribution in [0.3, 0.4) is 0 Å². The van der Waals surface area contributed by atoms with Crippen LogP contribution in [0.4, 0.5) is 5.69 Å². The lowest BCUT2D eigenvalue weighted by molar-refractivity contribution is -0.384. The van der Waals surface area contributed by atoms with Crippen LogP contribution in [-0.4, -0.2) is 23.2 Å². The highest BCUT2D eigenvalue weighted by molar-refractivity contribution is 8.21. The minimum absolute atomic E-state index is 0.0703. The molecular weight excluding hydrogens is 258 g/mol. The molecule has 1 rings (SSSR count). The number of nitro groups is 1. The molecule has 4 nitrogen and oxygen atoms in total. The van der Waals surface area contributed by atoms with Crippen LogP contribution in [0.2, 0.25) is 0 Å². The van der Waals surface area contributed by atoms with Crippen LogP contribution in [-0.2, 0) is 0 Å². The third-order valence-corrected chi connectivity index (χ3v) is 4.03. The van der Waals surface area contributed by atoms with Gasteiger partial charge in [0.15, 0.2) is 5.78 Å². The lowest BCUT2D eigenvalue weighted by Crippen LogP contribution is -1.97. The van der Waals surface area contributed by atoms with Gasteiger partial charge in [-0.25, -0.2) is 0 Å². The summed E-state index contributed by atoms with van der Waals surface area (Å²) >= 11 is 2.95. The van der Waals surface area contributed by atoms with Gasteiger partial charge in [-0.1, -0.05) is 12.1 Å². The Balaban J connectivity index is 3.00. The zero-order valence-corrected chi connectivity index (χ0v) is 11.0. The monoisotopic (exact) mass is 269 g/mol. The molecule has 1 aromatic carbocycles. The maximum Gasteiger partial charge on any atom is 0.270 e. The van der Waals surface area contributed by atoms with Crippen molar-refractivity contribution in [2.45, 2.75) is 0 Å². The Bertz CT molecular complexity index is 466. The number of benzene rings is 1. The van der Waals surface area contributed by atoms with E-state index in [9.17, 15) is 14.9 Å². The second-order valence-electron chi connectivity index (χ2n) is 3.04. The summed E-state index contributed by atoms with van der Waals surface area (Å²) < 4.78 is 0.876. The zero-order chi connectivity index (χ0) is 12.8. The van der Waals surface area contributed by atoms with Crippen LogP contribution >= 0.6 is 23.5 Å². The van der Waals surface area contributed by atoms with E-state index in [0.717, 1.165) is 4.24 Å². The van der Waals surface area contributed by atoms with E-state index in [1.165, 1.54) is 47.8 Å². The van der Waals surface area contributed by atoms with Gasteiger partial charge in [-0.3, -0.25) is 14.9 Å². The van der Waals surface area contributed by atoms with Crippen molar-refractivity contribution >= 4 is 35.0 Å². The fraction of sp³-hybridized carbons (Fsp3) is 0.182. The molecule has 0 atom stereocenters. The molecule has 0 aromatic heterocycles. The van der Waals surface area contributed by atoms with Crippen LogP contribution in [0.1, 0.15) is 10.4 Å². The van der Waals surface area contributed by atoms with E-state index in [0.29, 0.717) is 5.56 Å². The van der Waals surface area contributed by atoms with Crippen molar-refractivity contribution < 1.29 is 9.72 Å². The third-order valence-electron chi connectivity index (χ3n) is 1.99. The molecule has 0 radical (unpaired) electrons. The molecule has 0 aliphatic heterocycles. The van der Waals surface area contributed by atoms with Gasteiger partial charge in [0.2, 0.25) is 0 Å². The summed E-state index contributed by atoms with van der Waals surface area (Å²) in [5.41, 5.74) is 0.263. The van der Waals surface area contributed by atoms with Crippen molar-refractivity contribution in [1.29, 1.82) is 0 Å². The minimum Gasteiger partial charge on any atom is -0.289 e. The maximum absolute atomic E-state index is 11.8. The molecule has 0 saturated carbocycles. The van der Waals surface area contributed by atoms with E-state index in [1.807, 2.05) is 12.5 Å². The van der Waals surface area contributed by atoms with Crippen molar-refractivity contribution in [2.75, 3.05) is 12.5 Å². The number of nitrogens with zero attached hydrogens (tertiary/aromatic N) is 1. The largest absolute Gasteiger partial charge is 0.289 e. The van der Waals surface area contributed by atoms with Gasteiger partial charge >= 0.3 is 0 Å². The summed E-state index contributed by atoms with van der Waals surface area (Å²) in [6.45, 7) is 0. The van der Waals surface area contributed by atoms with E-state index in [-0.39, 0.29) is 11.5 Å². The Kier molecular flexibility index (Phi) is 5.24. The summed E-state index contributed by atoms with van der Waals surface area (Å²) in [5, 5.41) is 10.6. The molecule has 1 aromatic rings. The second-order valence-corrected chi connectivity index (χ2v) is 5.00. The molecule has 0 aliphatic carbocycles. The Labute approximate surface area is 108 Å². The summed E-state index contributed by atoms with van der Waals surface area (Å²) in [4.78, 5) is 21.9. The third kappa shape index (κ3) is 3.90. The fourth-order valence-electron chi connectivity index (χ4n) is 1.16. The minimum atomic E-state index is -0.509. The smallest absolute Gasteiger partial charge is 0.270 e. The molecule has 0 amide bonds. The first-order chi connectivity index (χ1) is 8.08. The standard InChI is InChI=1S/C11H11NO3S2/c1-16-11(17-2)7-10(13)8-4-3-5-9(6-8)12(14)15/h3-7H,1-2H3. The van der Waals surface area contributed by atoms with Gasteiger partial charge in [0.05, 0.1) is 4.92 Å². The highest BCUT2D eigenvalue weighted by Gasteiger charge is 2.10. The van der Waals surface area contributed by atoms with E-state index >= 15 is 0 Å². The van der Waals surface area contributed by atoms with Crippen LogP contribution < -0.4 is 0 Å². The number of ketones is 1. The molecule has 0 N–H and O–H groups in total. The molecule has 0 aliphatic rings. The average molecular weight is 269 g/mol. The predicted molar refractivity (Wildman–Crippen MR) is 72.5 cm³/mol. The van der Waals surface area contributed by atoms with Crippen LogP contribution in [0.5, 0.6) is 0 Å². The highest BCUT2D eigenvalue weighted by Crippen LogP contribution is 2.24. The summed E-state index contributed by atoms with van der Waals surface area (Å²) in [6.07, 6.45) is 5.25. The van der Waals surface area contributed by atoms with Gasteiger partial charge in [-0.2, -0.15) is 0 Å². The van der Waals surface area contributed by atoms with Gasteiger partial charge in [-0.05, 0) is 12.5 Å². The van der Waals surface area contributed by atoms with Gasteiger partial charge in [0.25, 0.3) is 5.69 Å². The normalized spacial score (nSPS) is 9.76. The summed E-state index contributed by atoms with van der Waals surface area (Å²) in [5.74, 6) is -0.215. The highest BCUT2D eigenvalue weighted by atomic mass is 32.2. The number of thioether (sulfide) groups is 2. The average Bonchev–Trinajstić information content (AvgIpc) is 2.35. The second kappa shape index (κ2) is 6.46. The van der Waals surface area contributed by atoms with E-state index < -0.39 is 4.92 Å². The van der Waals surface area contributed by atoms with Crippen LogP contribution in [0, 0.1) is 10.1 Å². The molecule has 90 valence electrons. The van der Waals surface area contributed by atoms with Gasteiger partial charge in [-0.15, -0.1) is 23.5 Å². The first-order valence-corrected chi connectivity index (χ1v) is 7.12. The lowest BCUT2D eigenvalue weighted by Gasteiger charge is -1.99. The SMILES string of the molecule is CSC(=CC(=O)c1cccc([N+](=O)[O-])c1)SC. The lowest BCUT2D eigenvalue weighted by atomic mass is 10.1. The molecule has 6 heteroatoms. The Morgan fingerprint density at radius 1 is 1.35 bits per heavy atom. The molecule has 0 saturated heterocycles. The predicted octanol–water partition coefficient (Wildman–Crippen LogP) is 3.34. The number of nitro benzene ring substituents is 1. The quantitative estimate of drug-likeness (QED) is 0.355. The maximum atomic E-state index is 11.8. The molecule has 0 bridgehead atoms. The number of hydrogen-bond acceptors (Lipinski definition) is 5. The molecule has 0 unspecified atom stereocenters. The number of carbonyl (C=O) groups is 1. The summed E-state index contributed by atoms with van der Waals surface area (Å²) in [7, 11) is 0. The number of non-ortho nitro benzene ring substituents is 1. The molecule has 0 heterocycles.